The second kappa shape index (κ2) is 20.7. The number of nitrogens with two attached hydrogens (primary N) is 2. The number of nitrogens with zero attached hydrogens (tertiary/aromatic N) is 6. The molecular formula is C52H58BBrCl2N8O8. The van der Waals surface area contributed by atoms with Gasteiger partial charge in [-0.2, -0.15) is 0 Å². The molecule has 4 unspecified atom stereocenters. The predicted molar refractivity (Wildman–Crippen MR) is 280 cm³/mol. The fourth-order valence-electron chi connectivity index (χ4n) is 9.97. The first kappa shape index (κ1) is 51.8. The molecule has 0 saturated carbocycles. The Kier molecular flexibility index (Phi) is 14.9. The fraction of sp³-hybridized carbons (Fsp3) is 0.462. The Labute approximate surface area is 439 Å². The topological polar surface area (TPSA) is 166 Å². The molecule has 4 aromatic rings. The summed E-state index contributed by atoms with van der Waals surface area (Å²) in [5, 5.41) is 4.09. The van der Waals surface area contributed by atoms with Crippen LogP contribution in [-0.2, 0) is 39.9 Å². The molecule has 3 saturated heterocycles. The van der Waals surface area contributed by atoms with E-state index in [1.54, 1.807) is 38.4 Å². The van der Waals surface area contributed by atoms with Crippen molar-refractivity contribution in [3.63, 3.8) is 0 Å². The van der Waals surface area contributed by atoms with E-state index in [1.807, 2.05) is 76.2 Å². The van der Waals surface area contributed by atoms with Gasteiger partial charge in [0.15, 0.2) is 11.4 Å². The summed E-state index contributed by atoms with van der Waals surface area (Å²) in [5.41, 5.74) is 14.9. The Hall–Kier alpha value is -5.12. The van der Waals surface area contributed by atoms with Crippen molar-refractivity contribution in [2.45, 2.75) is 101 Å². The third kappa shape index (κ3) is 10.6. The maximum absolute atomic E-state index is 7.33. The van der Waals surface area contributed by atoms with Gasteiger partial charge in [0.25, 0.3) is 0 Å². The number of ether oxygens (including phenoxy) is 4. The molecule has 7 aliphatic heterocycles. The van der Waals surface area contributed by atoms with E-state index < -0.39 is 29.8 Å². The van der Waals surface area contributed by atoms with Gasteiger partial charge in [-0.1, -0.05) is 51.3 Å². The molecule has 7 aliphatic rings. The minimum Gasteiger partial charge on any atom is -0.489 e. The number of benzene rings is 4. The minimum atomic E-state index is -0.938. The highest BCUT2D eigenvalue weighted by Gasteiger charge is 2.53. The molecule has 378 valence electrons. The molecule has 0 bridgehead atoms. The summed E-state index contributed by atoms with van der Waals surface area (Å²) in [7, 11) is 3.06. The second-order valence-corrected chi connectivity index (χ2v) is 21.7. The maximum Gasteiger partial charge on any atom is 0.493 e. The van der Waals surface area contributed by atoms with Crippen molar-refractivity contribution in [1.29, 1.82) is 0 Å². The Morgan fingerprint density at radius 1 is 0.639 bits per heavy atom. The van der Waals surface area contributed by atoms with Gasteiger partial charge in [0.2, 0.25) is 23.4 Å². The molecule has 4 atom stereocenters. The number of aliphatic imine (C=N–C) groups is 2. The highest BCUT2D eigenvalue weighted by atomic mass is 79.9. The van der Waals surface area contributed by atoms with Crippen LogP contribution in [-0.4, -0.2) is 93.1 Å². The number of hydrogen-bond donors (Lipinski definition) is 2. The summed E-state index contributed by atoms with van der Waals surface area (Å²) in [5.74, 6) is 3.11. The monoisotopic (exact) mass is 1080 g/mol. The average Bonchev–Trinajstić information content (AvgIpc) is 3.90. The van der Waals surface area contributed by atoms with Crippen LogP contribution in [0, 0.1) is 25.0 Å². The van der Waals surface area contributed by atoms with Crippen LogP contribution in [0.1, 0.15) is 77.3 Å². The van der Waals surface area contributed by atoms with Gasteiger partial charge in [0.05, 0.1) is 35.5 Å². The lowest BCUT2D eigenvalue weighted by Crippen LogP contribution is -2.43. The van der Waals surface area contributed by atoms with Crippen molar-refractivity contribution in [2.24, 2.45) is 33.3 Å². The van der Waals surface area contributed by atoms with Gasteiger partial charge >= 0.3 is 7.12 Å². The van der Waals surface area contributed by atoms with Crippen LogP contribution < -0.4 is 26.4 Å². The summed E-state index contributed by atoms with van der Waals surface area (Å²) in [4.78, 5) is 28.6. The number of guanidine groups is 2. The van der Waals surface area contributed by atoms with Crippen molar-refractivity contribution in [3.05, 3.63) is 121 Å². The van der Waals surface area contributed by atoms with Crippen LogP contribution >= 0.6 is 39.1 Å². The first-order chi connectivity index (χ1) is 34.3. The lowest BCUT2D eigenvalue weighted by molar-refractivity contribution is -0.196. The standard InChI is InChI=1S/C23H23ClN4O3.C16H20BrN3O3.C13H15BClNO2/c1-26-18-10-16(9-17(24)12-18)15-3-4-20-19(11-15)23(27-22(25)28(2)31-23)13-21(30-20)14-5-7-29-8-6-14;1-20-15(18)19-16(23-20)9-14(10-4-6-21-7-5-10)22-13-3-2-11(17)8-12(13)16;1-12(2)13(3,4)18-14(17-12)9-6-10(15)8-11(7-9)16-5/h3-4,9-12,14,21H,5-8,13H2,2H3,(H2,25,27);2-3,8,10,14H,4-7,9H2,1H3,(H2,18,19);6-8H,1-4H3. The molecule has 3 fully saturated rings. The highest BCUT2D eigenvalue weighted by Crippen LogP contribution is 2.51. The largest absolute Gasteiger partial charge is 0.493 e. The van der Waals surface area contributed by atoms with E-state index in [0.29, 0.717) is 58.0 Å². The number of halogens is 3. The Morgan fingerprint density at radius 2 is 1.11 bits per heavy atom. The fourth-order valence-corrected chi connectivity index (χ4v) is 10.8. The van der Waals surface area contributed by atoms with Gasteiger partial charge in [0.1, 0.15) is 23.7 Å². The average molecular weight is 1080 g/mol. The van der Waals surface area contributed by atoms with Crippen LogP contribution in [0.25, 0.3) is 20.8 Å². The first-order valence-electron chi connectivity index (χ1n) is 24.0. The number of hydroxylamine groups is 4. The number of rotatable bonds is 4. The molecule has 0 aliphatic carbocycles. The molecular weight excluding hydrogens is 1030 g/mol. The van der Waals surface area contributed by atoms with Gasteiger partial charge in [0, 0.05) is 79.7 Å². The molecule has 0 amide bonds. The molecule has 20 heteroatoms. The molecule has 0 aromatic heterocycles. The Balaban J connectivity index is 0.000000139. The summed E-state index contributed by atoms with van der Waals surface area (Å²) >= 11 is 15.8. The van der Waals surface area contributed by atoms with Crippen molar-refractivity contribution in [2.75, 3.05) is 40.5 Å². The van der Waals surface area contributed by atoms with Gasteiger partial charge in [-0.05, 0) is 131 Å². The van der Waals surface area contributed by atoms with E-state index in [4.69, 9.17) is 90.7 Å². The molecule has 16 nitrogen and oxygen atoms in total. The third-order valence-corrected chi connectivity index (χ3v) is 15.5. The van der Waals surface area contributed by atoms with E-state index >= 15 is 0 Å². The van der Waals surface area contributed by atoms with Crippen molar-refractivity contribution in [1.82, 2.24) is 10.1 Å². The molecule has 2 spiro atoms. The highest BCUT2D eigenvalue weighted by molar-refractivity contribution is 9.10. The van der Waals surface area contributed by atoms with Crippen LogP contribution in [0.4, 0.5) is 11.4 Å². The van der Waals surface area contributed by atoms with Crippen LogP contribution in [0.3, 0.4) is 0 Å². The lowest BCUT2D eigenvalue weighted by Gasteiger charge is -2.41. The second-order valence-electron chi connectivity index (χ2n) is 19.9. The van der Waals surface area contributed by atoms with Crippen molar-refractivity contribution in [3.8, 4) is 22.6 Å². The van der Waals surface area contributed by atoms with Crippen LogP contribution in [0.5, 0.6) is 11.5 Å². The third-order valence-electron chi connectivity index (χ3n) is 14.6. The Morgan fingerprint density at radius 3 is 1.60 bits per heavy atom. The zero-order valence-corrected chi connectivity index (χ0v) is 44.2. The summed E-state index contributed by atoms with van der Waals surface area (Å²) < 4.78 is 36.6. The van der Waals surface area contributed by atoms with Gasteiger partial charge in [-0.15, -0.1) is 0 Å². The van der Waals surface area contributed by atoms with Gasteiger partial charge < -0.3 is 39.7 Å². The van der Waals surface area contributed by atoms with E-state index in [1.165, 1.54) is 10.1 Å². The smallest absolute Gasteiger partial charge is 0.489 e. The van der Waals surface area contributed by atoms with Crippen LogP contribution in [0.2, 0.25) is 10.0 Å². The molecule has 7 heterocycles. The van der Waals surface area contributed by atoms with Gasteiger partial charge in [-0.25, -0.2) is 39.5 Å². The Bertz CT molecular complexity index is 2840. The maximum atomic E-state index is 7.33. The number of hydrogen-bond acceptors (Lipinski definition) is 14. The number of fused-ring (bicyclic) bond motifs is 4. The van der Waals surface area contributed by atoms with E-state index in [-0.39, 0.29) is 12.2 Å². The predicted octanol–water partition coefficient (Wildman–Crippen LogP) is 10.0. The molecule has 72 heavy (non-hydrogen) atoms. The molecule has 11 rings (SSSR count). The van der Waals surface area contributed by atoms with Crippen LogP contribution in [0.15, 0.2) is 87.3 Å². The molecule has 4 aromatic carbocycles. The first-order valence-corrected chi connectivity index (χ1v) is 25.6. The normalized spacial score (nSPS) is 26.1. The minimum absolute atomic E-state index is 0.0369. The molecule has 0 radical (unpaired) electrons. The summed E-state index contributed by atoms with van der Waals surface area (Å²) in [6, 6.07) is 22.4. The quantitative estimate of drug-likeness (QED) is 0.147. The summed E-state index contributed by atoms with van der Waals surface area (Å²) in [6.45, 7) is 25.4. The SMILES string of the molecule is CN1OC2(CC(C3CCOCC3)Oc3ccc(Br)cc32)N=C1N.[C-]#[N+]c1cc(Cl)cc(-c2ccc3c(c2)C2(CC(C4CCOCC4)O3)N=C(N)N(C)O2)c1.[C-]#[N+]c1cc(Cl)cc(B2OC(C)(C)C(C)(C)O2)c1. The van der Waals surface area contributed by atoms with E-state index in [9.17, 15) is 0 Å². The zero-order valence-electron chi connectivity index (χ0n) is 41.1. The zero-order chi connectivity index (χ0) is 51.2. The molecule has 4 N–H and O–H groups in total. The van der Waals surface area contributed by atoms with Crippen molar-refractivity contribution >= 4 is 75.0 Å². The van der Waals surface area contributed by atoms with E-state index in [2.05, 4.69) is 30.6 Å². The summed E-state index contributed by atoms with van der Waals surface area (Å²) in [6.07, 6.45) is 5.15. The van der Waals surface area contributed by atoms with Crippen molar-refractivity contribution < 1.29 is 37.9 Å². The van der Waals surface area contributed by atoms with Gasteiger partial charge in [-0.3, -0.25) is 0 Å². The van der Waals surface area contributed by atoms with E-state index in [0.717, 1.165) is 95.8 Å². The lowest BCUT2D eigenvalue weighted by atomic mass is 9.79.